The van der Waals surface area contributed by atoms with Crippen molar-refractivity contribution in [2.24, 2.45) is 0 Å². The van der Waals surface area contributed by atoms with Gasteiger partial charge in [-0.3, -0.25) is 0 Å². The standard InChI is InChI=1S/C18H21ClN2O2/c1-14-6-8-16(9-7-14)23-13-12-21-18(22)20-11-10-15-4-2-3-5-17(15)19/h2-9H,10-13H2,1H3,(H2,20,21,22). The highest BCUT2D eigenvalue weighted by molar-refractivity contribution is 6.31. The van der Waals surface area contributed by atoms with Crippen LogP contribution in [0.4, 0.5) is 4.79 Å². The molecule has 0 radical (unpaired) electrons. The molecule has 0 aliphatic carbocycles. The van der Waals surface area contributed by atoms with Gasteiger partial charge in [-0.25, -0.2) is 4.79 Å². The van der Waals surface area contributed by atoms with Gasteiger partial charge in [0.25, 0.3) is 0 Å². The van der Waals surface area contributed by atoms with Crippen molar-refractivity contribution in [1.82, 2.24) is 10.6 Å². The summed E-state index contributed by atoms with van der Waals surface area (Å²) in [5, 5.41) is 6.28. The predicted molar refractivity (Wildman–Crippen MR) is 93.2 cm³/mol. The first-order valence-corrected chi connectivity index (χ1v) is 7.97. The maximum Gasteiger partial charge on any atom is 0.314 e. The zero-order valence-electron chi connectivity index (χ0n) is 13.1. The summed E-state index contributed by atoms with van der Waals surface area (Å²) < 4.78 is 5.54. The van der Waals surface area contributed by atoms with Gasteiger partial charge in [0.2, 0.25) is 0 Å². The van der Waals surface area contributed by atoms with E-state index in [1.807, 2.05) is 55.5 Å². The summed E-state index contributed by atoms with van der Waals surface area (Å²) in [5.74, 6) is 0.802. The topological polar surface area (TPSA) is 50.4 Å². The van der Waals surface area contributed by atoms with Crippen LogP contribution in [0.15, 0.2) is 48.5 Å². The van der Waals surface area contributed by atoms with Gasteiger partial charge in [0.15, 0.2) is 0 Å². The summed E-state index contributed by atoms with van der Waals surface area (Å²) in [7, 11) is 0. The van der Waals surface area contributed by atoms with Crippen LogP contribution in [-0.4, -0.2) is 25.7 Å². The largest absolute Gasteiger partial charge is 0.492 e. The normalized spacial score (nSPS) is 10.2. The number of nitrogens with one attached hydrogen (secondary N) is 2. The maximum atomic E-state index is 11.7. The van der Waals surface area contributed by atoms with E-state index in [-0.39, 0.29) is 6.03 Å². The Kier molecular flexibility index (Phi) is 6.76. The summed E-state index contributed by atoms with van der Waals surface area (Å²) in [6, 6.07) is 15.2. The van der Waals surface area contributed by atoms with Crippen LogP contribution < -0.4 is 15.4 Å². The maximum absolute atomic E-state index is 11.7. The first-order chi connectivity index (χ1) is 11.1. The minimum atomic E-state index is -0.204. The zero-order valence-corrected chi connectivity index (χ0v) is 13.9. The highest BCUT2D eigenvalue weighted by Gasteiger charge is 2.02. The van der Waals surface area contributed by atoms with E-state index in [2.05, 4.69) is 10.6 Å². The Labute approximate surface area is 141 Å². The molecule has 0 saturated carbocycles. The van der Waals surface area contributed by atoms with Gasteiger partial charge in [0, 0.05) is 11.6 Å². The van der Waals surface area contributed by atoms with E-state index in [4.69, 9.17) is 16.3 Å². The Hall–Kier alpha value is -2.20. The fourth-order valence-electron chi connectivity index (χ4n) is 2.04. The minimum Gasteiger partial charge on any atom is -0.492 e. The van der Waals surface area contributed by atoms with Gasteiger partial charge in [0.1, 0.15) is 12.4 Å². The van der Waals surface area contributed by atoms with Gasteiger partial charge in [-0.1, -0.05) is 47.5 Å². The van der Waals surface area contributed by atoms with E-state index in [1.165, 1.54) is 5.56 Å². The summed E-state index contributed by atoms with van der Waals surface area (Å²) in [6.07, 6.45) is 0.701. The first kappa shape index (κ1) is 17.2. The molecule has 0 aliphatic rings. The number of aryl methyl sites for hydroxylation is 1. The fraction of sp³-hybridized carbons (Fsp3) is 0.278. The van der Waals surface area contributed by atoms with Crippen molar-refractivity contribution in [3.63, 3.8) is 0 Å². The van der Waals surface area contributed by atoms with E-state index < -0.39 is 0 Å². The van der Waals surface area contributed by atoms with Gasteiger partial charge >= 0.3 is 6.03 Å². The van der Waals surface area contributed by atoms with Crippen LogP contribution in [0.1, 0.15) is 11.1 Å². The monoisotopic (exact) mass is 332 g/mol. The molecule has 0 aliphatic heterocycles. The van der Waals surface area contributed by atoms with Crippen molar-refractivity contribution in [3.8, 4) is 5.75 Å². The number of amides is 2. The predicted octanol–water partition coefficient (Wildman–Crippen LogP) is 3.57. The molecule has 0 spiro atoms. The van der Waals surface area contributed by atoms with Gasteiger partial charge < -0.3 is 15.4 Å². The SMILES string of the molecule is Cc1ccc(OCCNC(=O)NCCc2ccccc2Cl)cc1. The van der Waals surface area contributed by atoms with Gasteiger partial charge in [-0.2, -0.15) is 0 Å². The summed E-state index contributed by atoms with van der Waals surface area (Å²) in [6.45, 7) is 3.44. The van der Waals surface area contributed by atoms with E-state index in [1.54, 1.807) is 0 Å². The molecule has 2 N–H and O–H groups in total. The molecular weight excluding hydrogens is 312 g/mol. The average Bonchev–Trinajstić information content (AvgIpc) is 2.55. The van der Waals surface area contributed by atoms with Crippen molar-refractivity contribution in [2.75, 3.05) is 19.7 Å². The van der Waals surface area contributed by atoms with Crippen LogP contribution in [0.3, 0.4) is 0 Å². The Morgan fingerprint density at radius 2 is 1.74 bits per heavy atom. The second-order valence-electron chi connectivity index (χ2n) is 5.19. The lowest BCUT2D eigenvalue weighted by Crippen LogP contribution is -2.38. The average molecular weight is 333 g/mol. The number of hydrogen-bond donors (Lipinski definition) is 2. The van der Waals surface area contributed by atoms with Crippen molar-refractivity contribution < 1.29 is 9.53 Å². The molecule has 0 atom stereocenters. The van der Waals surface area contributed by atoms with Crippen LogP contribution >= 0.6 is 11.6 Å². The summed E-state index contributed by atoms with van der Waals surface area (Å²) in [5.41, 5.74) is 2.21. The third kappa shape index (κ3) is 6.20. The molecule has 2 amide bonds. The third-order valence-electron chi connectivity index (χ3n) is 3.32. The number of benzene rings is 2. The molecule has 0 fully saturated rings. The second kappa shape index (κ2) is 9.06. The quantitative estimate of drug-likeness (QED) is 0.761. The fourth-order valence-corrected chi connectivity index (χ4v) is 2.27. The van der Waals surface area contributed by atoms with Crippen molar-refractivity contribution in [1.29, 1.82) is 0 Å². The van der Waals surface area contributed by atoms with Crippen molar-refractivity contribution >= 4 is 17.6 Å². The first-order valence-electron chi connectivity index (χ1n) is 7.60. The van der Waals surface area contributed by atoms with E-state index in [9.17, 15) is 4.79 Å². The minimum absolute atomic E-state index is 0.204. The Bertz CT molecular complexity index is 629. The number of urea groups is 1. The molecule has 2 aromatic carbocycles. The van der Waals surface area contributed by atoms with Crippen molar-refractivity contribution in [3.05, 3.63) is 64.7 Å². The second-order valence-corrected chi connectivity index (χ2v) is 5.59. The number of ether oxygens (including phenoxy) is 1. The van der Waals surface area contributed by atoms with E-state index in [0.717, 1.165) is 16.3 Å². The summed E-state index contributed by atoms with van der Waals surface area (Å²) in [4.78, 5) is 11.7. The smallest absolute Gasteiger partial charge is 0.314 e. The van der Waals surface area contributed by atoms with Crippen LogP contribution in [0, 0.1) is 6.92 Å². The number of rotatable bonds is 7. The molecule has 2 rings (SSSR count). The lowest BCUT2D eigenvalue weighted by atomic mass is 10.1. The molecule has 0 heterocycles. The van der Waals surface area contributed by atoms with Gasteiger partial charge in [-0.05, 0) is 37.1 Å². The highest BCUT2D eigenvalue weighted by Crippen LogP contribution is 2.14. The Balaban J connectivity index is 1.58. The highest BCUT2D eigenvalue weighted by atomic mass is 35.5. The molecular formula is C18H21ClN2O2. The Morgan fingerprint density at radius 1 is 1.04 bits per heavy atom. The lowest BCUT2D eigenvalue weighted by molar-refractivity contribution is 0.236. The van der Waals surface area contributed by atoms with Crippen LogP contribution in [0.2, 0.25) is 5.02 Å². The van der Waals surface area contributed by atoms with Crippen molar-refractivity contribution in [2.45, 2.75) is 13.3 Å². The molecule has 122 valence electrons. The summed E-state index contributed by atoms with van der Waals surface area (Å²) >= 11 is 6.07. The van der Waals surface area contributed by atoms with Crippen LogP contribution in [0.25, 0.3) is 0 Å². The molecule has 0 aromatic heterocycles. The third-order valence-corrected chi connectivity index (χ3v) is 3.68. The van der Waals surface area contributed by atoms with Gasteiger partial charge in [-0.15, -0.1) is 0 Å². The van der Waals surface area contributed by atoms with E-state index >= 15 is 0 Å². The van der Waals surface area contributed by atoms with E-state index in [0.29, 0.717) is 26.1 Å². The van der Waals surface area contributed by atoms with Crippen LogP contribution in [-0.2, 0) is 6.42 Å². The van der Waals surface area contributed by atoms with Gasteiger partial charge in [0.05, 0.1) is 6.54 Å². The number of hydrogen-bond acceptors (Lipinski definition) is 2. The number of carbonyl (C=O) groups excluding carboxylic acids is 1. The molecule has 5 heteroatoms. The molecule has 0 unspecified atom stereocenters. The zero-order chi connectivity index (χ0) is 16.5. The molecule has 4 nitrogen and oxygen atoms in total. The molecule has 0 saturated heterocycles. The number of halogens is 1. The Morgan fingerprint density at radius 3 is 2.48 bits per heavy atom. The molecule has 0 bridgehead atoms. The molecule has 2 aromatic rings. The number of carbonyl (C=O) groups is 1. The molecule has 23 heavy (non-hydrogen) atoms. The lowest BCUT2D eigenvalue weighted by Gasteiger charge is -2.09. The van der Waals surface area contributed by atoms with Crippen LogP contribution in [0.5, 0.6) is 5.75 Å².